The summed E-state index contributed by atoms with van der Waals surface area (Å²) >= 11 is 0. The van der Waals surface area contributed by atoms with E-state index in [-0.39, 0.29) is 0 Å². The first kappa shape index (κ1) is 16.3. The highest BCUT2D eigenvalue weighted by molar-refractivity contribution is 5.47. The van der Waals surface area contributed by atoms with Crippen LogP contribution in [0.4, 0.5) is 5.82 Å². The Morgan fingerprint density at radius 2 is 2.19 bits per heavy atom. The maximum Gasteiger partial charge on any atom is 0.132 e. The maximum atomic E-state index is 4.66. The summed E-state index contributed by atoms with van der Waals surface area (Å²) in [5.41, 5.74) is 1.32. The Kier molecular flexibility index (Phi) is 6.04. The molecule has 3 heteroatoms. The van der Waals surface area contributed by atoms with Crippen LogP contribution in [0, 0.1) is 11.8 Å². The molecule has 2 rings (SSSR count). The highest BCUT2D eigenvalue weighted by Crippen LogP contribution is 2.30. The number of nitrogens with zero attached hydrogens (tertiary/aromatic N) is 2. The molecule has 0 radical (unpaired) electrons. The fraction of sp³-hybridized carbons (Fsp3) is 0.722. The highest BCUT2D eigenvalue weighted by Gasteiger charge is 2.24. The Morgan fingerprint density at radius 3 is 2.90 bits per heavy atom. The molecular formula is C18H31N3. The molecular weight excluding hydrogens is 258 g/mol. The van der Waals surface area contributed by atoms with E-state index in [1.807, 2.05) is 12.3 Å². The van der Waals surface area contributed by atoms with Gasteiger partial charge < -0.3 is 10.2 Å². The van der Waals surface area contributed by atoms with Crippen molar-refractivity contribution < 1.29 is 0 Å². The van der Waals surface area contributed by atoms with E-state index in [4.69, 9.17) is 0 Å². The number of anilines is 1. The van der Waals surface area contributed by atoms with Gasteiger partial charge in [-0.15, -0.1) is 0 Å². The standard InChI is InChI=1S/C18H31N3/c1-14(2)12-19-13-16-8-6-10-20-18(16)21(4)17-9-5-7-15(3)11-17/h6,8,10,14-15,17,19H,5,7,9,11-13H2,1-4H3. The second kappa shape index (κ2) is 7.79. The summed E-state index contributed by atoms with van der Waals surface area (Å²) in [5, 5.41) is 3.54. The Hall–Kier alpha value is -1.09. The number of rotatable bonds is 6. The molecule has 0 aromatic carbocycles. The van der Waals surface area contributed by atoms with Gasteiger partial charge >= 0.3 is 0 Å². The number of pyridine rings is 1. The molecule has 0 saturated heterocycles. The minimum absolute atomic E-state index is 0.646. The molecule has 21 heavy (non-hydrogen) atoms. The molecule has 1 aromatic heterocycles. The van der Waals surface area contributed by atoms with Crippen LogP contribution in [-0.4, -0.2) is 24.6 Å². The molecule has 118 valence electrons. The zero-order chi connectivity index (χ0) is 15.2. The van der Waals surface area contributed by atoms with Gasteiger partial charge in [0.25, 0.3) is 0 Å². The van der Waals surface area contributed by atoms with E-state index in [9.17, 15) is 0 Å². The predicted molar refractivity (Wildman–Crippen MR) is 90.6 cm³/mol. The SMILES string of the molecule is CC(C)CNCc1cccnc1N(C)C1CCCC(C)C1. The van der Waals surface area contributed by atoms with Crippen molar-refractivity contribution in [2.75, 3.05) is 18.5 Å². The Labute approximate surface area is 130 Å². The number of hydrogen-bond donors (Lipinski definition) is 1. The van der Waals surface area contributed by atoms with Crippen molar-refractivity contribution in [3.63, 3.8) is 0 Å². The summed E-state index contributed by atoms with van der Waals surface area (Å²) in [4.78, 5) is 7.08. The van der Waals surface area contributed by atoms with E-state index < -0.39 is 0 Å². The van der Waals surface area contributed by atoms with Crippen LogP contribution < -0.4 is 10.2 Å². The third-order valence-corrected chi connectivity index (χ3v) is 4.53. The van der Waals surface area contributed by atoms with Gasteiger partial charge in [0.15, 0.2) is 0 Å². The number of hydrogen-bond acceptors (Lipinski definition) is 3. The topological polar surface area (TPSA) is 28.2 Å². The van der Waals surface area contributed by atoms with E-state index >= 15 is 0 Å². The fourth-order valence-corrected chi connectivity index (χ4v) is 3.31. The first-order valence-electron chi connectivity index (χ1n) is 8.45. The average Bonchev–Trinajstić information content (AvgIpc) is 2.47. The lowest BCUT2D eigenvalue weighted by Crippen LogP contribution is -2.37. The zero-order valence-corrected chi connectivity index (χ0v) is 14.1. The van der Waals surface area contributed by atoms with Gasteiger partial charge in [0.1, 0.15) is 5.82 Å². The molecule has 1 aliphatic rings. The predicted octanol–water partition coefficient (Wildman–Crippen LogP) is 3.84. The van der Waals surface area contributed by atoms with E-state index in [1.54, 1.807) is 0 Å². The molecule has 1 N–H and O–H groups in total. The Morgan fingerprint density at radius 1 is 1.38 bits per heavy atom. The fourth-order valence-electron chi connectivity index (χ4n) is 3.31. The van der Waals surface area contributed by atoms with E-state index in [2.05, 4.69) is 49.1 Å². The van der Waals surface area contributed by atoms with E-state index in [0.29, 0.717) is 12.0 Å². The van der Waals surface area contributed by atoms with Crippen molar-refractivity contribution in [3.8, 4) is 0 Å². The lowest BCUT2D eigenvalue weighted by molar-refractivity contribution is 0.335. The van der Waals surface area contributed by atoms with Gasteiger partial charge in [0.2, 0.25) is 0 Å². The third-order valence-electron chi connectivity index (χ3n) is 4.53. The molecule has 1 heterocycles. The first-order valence-corrected chi connectivity index (χ1v) is 8.45. The van der Waals surface area contributed by atoms with Crippen LogP contribution in [0.5, 0.6) is 0 Å². The van der Waals surface area contributed by atoms with Crippen molar-refractivity contribution in [3.05, 3.63) is 23.9 Å². The third kappa shape index (κ3) is 4.70. The minimum atomic E-state index is 0.646. The second-order valence-corrected chi connectivity index (χ2v) is 7.05. The molecule has 2 unspecified atom stereocenters. The van der Waals surface area contributed by atoms with Crippen LogP contribution in [0.15, 0.2) is 18.3 Å². The average molecular weight is 289 g/mol. The van der Waals surface area contributed by atoms with Gasteiger partial charge in [-0.1, -0.05) is 39.7 Å². The minimum Gasteiger partial charge on any atom is -0.356 e. The van der Waals surface area contributed by atoms with Gasteiger partial charge in [-0.3, -0.25) is 0 Å². The lowest BCUT2D eigenvalue weighted by Gasteiger charge is -2.35. The van der Waals surface area contributed by atoms with Crippen LogP contribution in [0.1, 0.15) is 52.0 Å². The summed E-state index contributed by atoms with van der Waals surface area (Å²) in [7, 11) is 2.22. The number of nitrogens with one attached hydrogen (secondary N) is 1. The van der Waals surface area contributed by atoms with Crippen LogP contribution in [-0.2, 0) is 6.54 Å². The first-order chi connectivity index (χ1) is 10.1. The van der Waals surface area contributed by atoms with Crippen LogP contribution in [0.2, 0.25) is 0 Å². The summed E-state index contributed by atoms with van der Waals surface area (Å²) < 4.78 is 0. The van der Waals surface area contributed by atoms with Crippen molar-refractivity contribution in [1.82, 2.24) is 10.3 Å². The Balaban J connectivity index is 2.03. The monoisotopic (exact) mass is 289 g/mol. The van der Waals surface area contributed by atoms with Crippen LogP contribution in [0.3, 0.4) is 0 Å². The summed E-state index contributed by atoms with van der Waals surface area (Å²) in [6.45, 7) is 8.83. The molecule has 1 fully saturated rings. The van der Waals surface area contributed by atoms with Crippen molar-refractivity contribution >= 4 is 5.82 Å². The van der Waals surface area contributed by atoms with Crippen LogP contribution in [0.25, 0.3) is 0 Å². The maximum absolute atomic E-state index is 4.66. The summed E-state index contributed by atoms with van der Waals surface area (Å²) in [5.74, 6) is 2.69. The Bertz CT molecular complexity index is 430. The van der Waals surface area contributed by atoms with Crippen molar-refractivity contribution in [2.24, 2.45) is 11.8 Å². The highest BCUT2D eigenvalue weighted by atomic mass is 15.2. The van der Waals surface area contributed by atoms with Gasteiger partial charge in [-0.2, -0.15) is 0 Å². The van der Waals surface area contributed by atoms with Gasteiger partial charge in [-0.05, 0) is 37.3 Å². The molecule has 2 atom stereocenters. The molecule has 1 aliphatic carbocycles. The number of aromatic nitrogens is 1. The molecule has 0 amide bonds. The van der Waals surface area contributed by atoms with Gasteiger partial charge in [-0.25, -0.2) is 4.98 Å². The molecule has 0 aliphatic heterocycles. The van der Waals surface area contributed by atoms with Gasteiger partial charge in [0.05, 0.1) is 0 Å². The molecule has 1 saturated carbocycles. The van der Waals surface area contributed by atoms with Gasteiger partial charge in [0, 0.05) is 31.4 Å². The smallest absolute Gasteiger partial charge is 0.132 e. The van der Waals surface area contributed by atoms with E-state index in [0.717, 1.165) is 24.8 Å². The second-order valence-electron chi connectivity index (χ2n) is 7.05. The van der Waals surface area contributed by atoms with Crippen molar-refractivity contribution in [2.45, 2.75) is 59.0 Å². The largest absolute Gasteiger partial charge is 0.356 e. The molecule has 1 aromatic rings. The summed E-state index contributed by atoms with van der Waals surface area (Å²) in [6.07, 6.45) is 7.26. The normalized spacial score (nSPS) is 22.5. The van der Waals surface area contributed by atoms with E-state index in [1.165, 1.54) is 31.2 Å². The van der Waals surface area contributed by atoms with Crippen LogP contribution >= 0.6 is 0 Å². The summed E-state index contributed by atoms with van der Waals surface area (Å²) in [6, 6.07) is 4.90. The quantitative estimate of drug-likeness (QED) is 0.862. The lowest BCUT2D eigenvalue weighted by atomic mass is 9.86. The molecule has 3 nitrogen and oxygen atoms in total. The molecule has 0 bridgehead atoms. The van der Waals surface area contributed by atoms with Crippen molar-refractivity contribution in [1.29, 1.82) is 0 Å². The molecule has 0 spiro atoms. The zero-order valence-electron chi connectivity index (χ0n) is 14.1.